The topological polar surface area (TPSA) is 104 Å². The molecule has 0 saturated carbocycles. The number of fused-ring (bicyclic) bond motifs is 1. The summed E-state index contributed by atoms with van der Waals surface area (Å²) in [5.41, 5.74) is 1.96. The number of anilines is 1. The molecule has 5 heterocycles. The van der Waals surface area contributed by atoms with E-state index >= 15 is 0 Å². The van der Waals surface area contributed by atoms with Crippen molar-refractivity contribution in [2.45, 2.75) is 19.4 Å². The van der Waals surface area contributed by atoms with Crippen molar-refractivity contribution >= 4 is 17.0 Å². The molecule has 10 heteroatoms. The van der Waals surface area contributed by atoms with Crippen LogP contribution in [0.25, 0.3) is 22.3 Å². The third-order valence-electron chi connectivity index (χ3n) is 6.02. The number of piperidine rings is 1. The first-order valence-corrected chi connectivity index (χ1v) is 10.6. The Hall–Kier alpha value is -3.82. The summed E-state index contributed by atoms with van der Waals surface area (Å²) in [7, 11) is 3.53. The first-order chi connectivity index (χ1) is 15.5. The van der Waals surface area contributed by atoms with Crippen LogP contribution >= 0.6 is 0 Å². The van der Waals surface area contributed by atoms with Crippen LogP contribution in [0.3, 0.4) is 0 Å². The van der Waals surface area contributed by atoms with Crippen LogP contribution in [0.5, 0.6) is 0 Å². The van der Waals surface area contributed by atoms with Crippen molar-refractivity contribution in [3.8, 4) is 11.3 Å². The highest BCUT2D eigenvalue weighted by molar-refractivity contribution is 5.74. The molecule has 5 rings (SSSR count). The molecule has 1 aliphatic heterocycles. The van der Waals surface area contributed by atoms with Crippen LogP contribution in [0, 0.1) is 5.92 Å². The molecule has 32 heavy (non-hydrogen) atoms. The Balaban J connectivity index is 1.32. The van der Waals surface area contributed by atoms with Crippen molar-refractivity contribution in [3.63, 3.8) is 0 Å². The van der Waals surface area contributed by atoms with E-state index in [1.165, 1.54) is 0 Å². The van der Waals surface area contributed by atoms with Gasteiger partial charge in [-0.05, 0) is 37.0 Å². The molecule has 0 aromatic carbocycles. The molecule has 164 valence electrons. The number of pyridine rings is 1. The summed E-state index contributed by atoms with van der Waals surface area (Å²) in [6.07, 6.45) is 6.89. The molecule has 0 atom stereocenters. The molecule has 4 aromatic rings. The lowest BCUT2D eigenvalue weighted by Crippen LogP contribution is -2.40. The minimum Gasteiger partial charge on any atom is -0.342 e. The van der Waals surface area contributed by atoms with E-state index in [-0.39, 0.29) is 11.1 Å². The third kappa shape index (κ3) is 3.68. The van der Waals surface area contributed by atoms with Gasteiger partial charge in [0, 0.05) is 63.9 Å². The monoisotopic (exact) mass is 432 g/mol. The van der Waals surface area contributed by atoms with Crippen LogP contribution in [-0.2, 0) is 20.6 Å². The molecule has 0 spiro atoms. The van der Waals surface area contributed by atoms with E-state index in [1.54, 1.807) is 58.7 Å². The Kier molecular flexibility index (Phi) is 5.04. The number of aryl methyl sites for hydroxylation is 1. The van der Waals surface area contributed by atoms with Crippen LogP contribution in [0.15, 0.2) is 52.4 Å². The summed E-state index contributed by atoms with van der Waals surface area (Å²) >= 11 is 0. The summed E-state index contributed by atoms with van der Waals surface area (Å²) in [6.45, 7) is 2.07. The number of rotatable bonds is 4. The van der Waals surface area contributed by atoms with Crippen molar-refractivity contribution in [3.05, 3.63) is 63.6 Å². The predicted molar refractivity (Wildman–Crippen MR) is 120 cm³/mol. The van der Waals surface area contributed by atoms with E-state index in [0.717, 1.165) is 37.2 Å². The smallest absolute Gasteiger partial charge is 0.266 e. The van der Waals surface area contributed by atoms with Gasteiger partial charge in [-0.1, -0.05) is 0 Å². The molecule has 1 saturated heterocycles. The van der Waals surface area contributed by atoms with Gasteiger partial charge in [0.05, 0.1) is 5.69 Å². The lowest BCUT2D eigenvalue weighted by Gasteiger charge is -2.33. The lowest BCUT2D eigenvalue weighted by atomic mass is 9.97. The van der Waals surface area contributed by atoms with Crippen molar-refractivity contribution in [2.24, 2.45) is 20.0 Å². The van der Waals surface area contributed by atoms with Gasteiger partial charge in [-0.25, -0.2) is 4.68 Å². The van der Waals surface area contributed by atoms with E-state index in [0.29, 0.717) is 29.4 Å². The lowest BCUT2D eigenvalue weighted by molar-refractivity contribution is 0.333. The molecule has 1 aliphatic rings. The highest BCUT2D eigenvalue weighted by atomic mass is 16.1. The van der Waals surface area contributed by atoms with Crippen molar-refractivity contribution in [1.29, 1.82) is 0 Å². The van der Waals surface area contributed by atoms with Gasteiger partial charge in [-0.15, -0.1) is 0 Å². The number of aromatic nitrogens is 7. The second kappa shape index (κ2) is 8.03. The molecule has 4 aromatic heterocycles. The quantitative estimate of drug-likeness (QED) is 0.477. The average molecular weight is 432 g/mol. The predicted octanol–water partition coefficient (Wildman–Crippen LogP) is 1.20. The maximum absolute atomic E-state index is 12.7. The van der Waals surface area contributed by atoms with Crippen molar-refractivity contribution in [1.82, 2.24) is 34.1 Å². The van der Waals surface area contributed by atoms with Gasteiger partial charge in [0.1, 0.15) is 5.39 Å². The van der Waals surface area contributed by atoms with E-state index in [1.807, 2.05) is 12.1 Å². The maximum Gasteiger partial charge on any atom is 0.266 e. The van der Waals surface area contributed by atoms with Crippen LogP contribution in [0.1, 0.15) is 12.8 Å². The summed E-state index contributed by atoms with van der Waals surface area (Å²) in [6, 6.07) is 7.08. The molecule has 0 N–H and O–H groups in total. The fourth-order valence-electron chi connectivity index (χ4n) is 4.25. The van der Waals surface area contributed by atoms with E-state index in [2.05, 4.69) is 25.1 Å². The first kappa shape index (κ1) is 20.1. The first-order valence-electron chi connectivity index (χ1n) is 10.6. The summed E-state index contributed by atoms with van der Waals surface area (Å²) in [5, 5.41) is 9.39. The highest BCUT2D eigenvalue weighted by Crippen LogP contribution is 2.23. The summed E-state index contributed by atoms with van der Waals surface area (Å²) in [4.78, 5) is 35.9. The average Bonchev–Trinajstić information content (AvgIpc) is 3.19. The van der Waals surface area contributed by atoms with Gasteiger partial charge in [0.15, 0.2) is 5.65 Å². The number of nitrogens with zero attached hydrogens (tertiary/aromatic N) is 8. The Morgan fingerprint density at radius 1 is 1.00 bits per heavy atom. The minimum absolute atomic E-state index is 0.0936. The molecule has 1 fully saturated rings. The van der Waals surface area contributed by atoms with Crippen LogP contribution in [0.2, 0.25) is 0 Å². The molecule has 0 bridgehead atoms. The van der Waals surface area contributed by atoms with Gasteiger partial charge in [0.25, 0.3) is 11.1 Å². The van der Waals surface area contributed by atoms with Gasteiger partial charge in [-0.2, -0.15) is 15.2 Å². The summed E-state index contributed by atoms with van der Waals surface area (Å²) in [5.74, 6) is 0.953. The Morgan fingerprint density at radius 2 is 1.75 bits per heavy atom. The minimum atomic E-state index is -0.102. The van der Waals surface area contributed by atoms with Crippen LogP contribution in [-0.4, -0.2) is 47.2 Å². The normalized spacial score (nSPS) is 14.9. The van der Waals surface area contributed by atoms with Gasteiger partial charge >= 0.3 is 0 Å². The zero-order valence-electron chi connectivity index (χ0n) is 18.0. The SMILES string of the molecule is Cn1cc2c(=O)n(C)c(N3CCC(Cn4nc(-c5ccncc5)ccc4=O)CC3)nc2n1. The molecule has 0 amide bonds. The molecule has 0 unspecified atom stereocenters. The highest BCUT2D eigenvalue weighted by Gasteiger charge is 2.24. The molecular weight excluding hydrogens is 408 g/mol. The third-order valence-corrected chi connectivity index (χ3v) is 6.02. The largest absolute Gasteiger partial charge is 0.342 e. The zero-order valence-corrected chi connectivity index (χ0v) is 18.0. The molecule has 10 nitrogen and oxygen atoms in total. The standard InChI is InChI=1S/C22H24N8O2/c1-27-14-17-20(26-27)24-22(28(2)21(17)32)29-11-7-15(8-12-29)13-30-19(31)4-3-18(25-30)16-5-9-23-10-6-16/h3-6,9-10,14-15H,7-8,11-13H2,1-2H3. The van der Waals surface area contributed by atoms with Crippen LogP contribution < -0.4 is 16.0 Å². The second-order valence-corrected chi connectivity index (χ2v) is 8.22. The van der Waals surface area contributed by atoms with E-state index in [9.17, 15) is 9.59 Å². The van der Waals surface area contributed by atoms with Crippen molar-refractivity contribution in [2.75, 3.05) is 18.0 Å². The fourth-order valence-corrected chi connectivity index (χ4v) is 4.25. The fraction of sp³-hybridized carbons (Fsp3) is 0.364. The summed E-state index contributed by atoms with van der Waals surface area (Å²) < 4.78 is 4.76. The second-order valence-electron chi connectivity index (χ2n) is 8.22. The van der Waals surface area contributed by atoms with Crippen molar-refractivity contribution < 1.29 is 0 Å². The van der Waals surface area contributed by atoms with E-state index < -0.39 is 0 Å². The Morgan fingerprint density at radius 3 is 2.50 bits per heavy atom. The number of hydrogen-bond donors (Lipinski definition) is 0. The molecule has 0 aliphatic carbocycles. The molecular formula is C22H24N8O2. The van der Waals surface area contributed by atoms with Gasteiger partial charge < -0.3 is 4.90 Å². The van der Waals surface area contributed by atoms with Crippen LogP contribution in [0.4, 0.5) is 5.95 Å². The Labute approximate surface area is 183 Å². The van der Waals surface area contributed by atoms with Gasteiger partial charge in [0.2, 0.25) is 5.95 Å². The zero-order chi connectivity index (χ0) is 22.2. The van der Waals surface area contributed by atoms with E-state index in [4.69, 9.17) is 0 Å². The Bertz CT molecular complexity index is 1380. The maximum atomic E-state index is 12.7. The number of hydrogen-bond acceptors (Lipinski definition) is 7. The molecule has 0 radical (unpaired) electrons. The van der Waals surface area contributed by atoms with Gasteiger partial charge in [-0.3, -0.25) is 23.8 Å².